The zero-order valence-corrected chi connectivity index (χ0v) is 23.4. The number of anilines is 1. The summed E-state index contributed by atoms with van der Waals surface area (Å²) in [5, 5.41) is 13.2. The van der Waals surface area contributed by atoms with Gasteiger partial charge in [-0.25, -0.2) is 18.4 Å². The monoisotopic (exact) mass is 572 g/mol. The molecule has 41 heavy (non-hydrogen) atoms. The van der Waals surface area contributed by atoms with Gasteiger partial charge in [0.25, 0.3) is 6.43 Å². The number of esters is 1. The summed E-state index contributed by atoms with van der Waals surface area (Å²) in [6.45, 7) is 4.57. The van der Waals surface area contributed by atoms with E-state index >= 15 is 0 Å². The van der Waals surface area contributed by atoms with Crippen LogP contribution in [-0.2, 0) is 16.1 Å². The van der Waals surface area contributed by atoms with Crippen LogP contribution in [0.5, 0.6) is 5.75 Å². The van der Waals surface area contributed by atoms with Gasteiger partial charge in [-0.2, -0.15) is 0 Å². The van der Waals surface area contributed by atoms with E-state index in [1.165, 1.54) is 17.9 Å². The van der Waals surface area contributed by atoms with Crippen LogP contribution < -0.4 is 10.1 Å². The zero-order chi connectivity index (χ0) is 29.8. The second-order valence-electron chi connectivity index (χ2n) is 9.94. The van der Waals surface area contributed by atoms with Gasteiger partial charge in [-0.15, -0.1) is 0 Å². The van der Waals surface area contributed by atoms with E-state index in [-0.39, 0.29) is 36.7 Å². The summed E-state index contributed by atoms with van der Waals surface area (Å²) in [5.74, 6) is -0.316. The molecule has 2 heterocycles. The van der Waals surface area contributed by atoms with Gasteiger partial charge in [0.1, 0.15) is 5.75 Å². The fourth-order valence-electron chi connectivity index (χ4n) is 5.41. The molecule has 2 N–H and O–H groups in total. The number of hydrogen-bond donors (Lipinski definition) is 2. The van der Waals surface area contributed by atoms with Crippen molar-refractivity contribution in [3.8, 4) is 5.75 Å². The number of hydrogen-bond acceptors (Lipinski definition) is 7. The minimum Gasteiger partial charge on any atom is -0.496 e. The maximum atomic E-state index is 13.4. The number of rotatable bonds is 9. The minimum absolute atomic E-state index is 0.182. The van der Waals surface area contributed by atoms with Crippen molar-refractivity contribution in [3.05, 3.63) is 58.8 Å². The molecule has 0 spiro atoms. The van der Waals surface area contributed by atoms with Crippen molar-refractivity contribution in [2.75, 3.05) is 45.7 Å². The van der Waals surface area contributed by atoms with Crippen LogP contribution in [0.3, 0.4) is 0 Å². The number of aryl methyl sites for hydroxylation is 1. The van der Waals surface area contributed by atoms with Crippen LogP contribution in [0.4, 0.5) is 19.3 Å². The molecular weight excluding hydrogens is 538 g/mol. The number of carboxylic acid groups (broad SMARTS) is 1. The van der Waals surface area contributed by atoms with Gasteiger partial charge in [-0.3, -0.25) is 19.2 Å². The number of fused-ring (bicyclic) bond motifs is 1. The molecular formula is C29H34F2N4O6. The average molecular weight is 573 g/mol. The van der Waals surface area contributed by atoms with Gasteiger partial charge in [0.05, 0.1) is 37.5 Å². The summed E-state index contributed by atoms with van der Waals surface area (Å²) in [6.07, 6.45) is -1.92. The molecule has 1 aliphatic heterocycles. The van der Waals surface area contributed by atoms with Crippen LogP contribution in [0.15, 0.2) is 36.5 Å². The fourth-order valence-corrected chi connectivity index (χ4v) is 5.41. The van der Waals surface area contributed by atoms with Crippen LogP contribution in [0.2, 0.25) is 0 Å². The lowest BCUT2D eigenvalue weighted by Gasteiger charge is -2.42. The van der Waals surface area contributed by atoms with Crippen molar-refractivity contribution < 1.29 is 37.7 Å². The van der Waals surface area contributed by atoms with Gasteiger partial charge in [0.2, 0.25) is 5.91 Å². The molecule has 3 aromatic rings. The van der Waals surface area contributed by atoms with Gasteiger partial charge in [-0.1, -0.05) is 13.0 Å². The van der Waals surface area contributed by atoms with Crippen LogP contribution in [0, 0.1) is 6.92 Å². The Balaban J connectivity index is 1.79. The Morgan fingerprint density at radius 2 is 1.90 bits per heavy atom. The number of alkyl halides is 2. The average Bonchev–Trinajstić information content (AvgIpc) is 3.40. The van der Waals surface area contributed by atoms with E-state index < -0.39 is 24.5 Å². The summed E-state index contributed by atoms with van der Waals surface area (Å²) < 4.78 is 38.5. The topological polar surface area (TPSA) is 113 Å². The SMILES string of the molecule is CCC(=O)Nc1cc(C2CN(CC(F)F)CCN2Cc2c(OC)cc(C)c3c2ccn3C(=O)O)ccc1C(=O)OC. The fraction of sp³-hybridized carbons (Fsp3) is 0.414. The molecule has 0 saturated carbocycles. The third kappa shape index (κ3) is 6.33. The number of ether oxygens (including phenoxy) is 2. The molecule has 0 aliphatic carbocycles. The Hall–Kier alpha value is -4.03. The Morgan fingerprint density at radius 1 is 1.15 bits per heavy atom. The number of piperazine rings is 1. The second-order valence-corrected chi connectivity index (χ2v) is 9.94. The van der Waals surface area contributed by atoms with Crippen LogP contribution in [-0.4, -0.2) is 84.3 Å². The molecule has 1 aliphatic rings. The van der Waals surface area contributed by atoms with Gasteiger partial charge < -0.3 is 19.9 Å². The summed E-state index contributed by atoms with van der Waals surface area (Å²) in [5.41, 5.74) is 3.23. The van der Waals surface area contributed by atoms with Crippen molar-refractivity contribution in [1.82, 2.24) is 14.4 Å². The Labute approximate surface area is 236 Å². The maximum Gasteiger partial charge on any atom is 0.416 e. The molecule has 2 aromatic carbocycles. The Morgan fingerprint density at radius 3 is 2.54 bits per heavy atom. The molecule has 1 saturated heterocycles. The summed E-state index contributed by atoms with van der Waals surface area (Å²) in [6, 6.07) is 8.12. The highest BCUT2D eigenvalue weighted by atomic mass is 19.3. The number of carbonyl (C=O) groups is 3. The van der Waals surface area contributed by atoms with Gasteiger partial charge in [-0.05, 0) is 42.3 Å². The number of halogens is 2. The number of methoxy groups -OCH3 is 2. The highest BCUT2D eigenvalue weighted by Crippen LogP contribution is 2.37. The van der Waals surface area contributed by atoms with Crippen molar-refractivity contribution in [2.45, 2.75) is 39.3 Å². The van der Waals surface area contributed by atoms with E-state index in [0.717, 1.165) is 16.5 Å². The molecule has 1 unspecified atom stereocenters. The molecule has 1 fully saturated rings. The van der Waals surface area contributed by atoms with Crippen LogP contribution >= 0.6 is 0 Å². The molecule has 220 valence electrons. The number of aromatic nitrogens is 1. The first-order valence-electron chi connectivity index (χ1n) is 13.2. The van der Waals surface area contributed by atoms with E-state index in [1.807, 2.05) is 6.92 Å². The van der Waals surface area contributed by atoms with Gasteiger partial charge >= 0.3 is 12.1 Å². The molecule has 0 bridgehead atoms. The lowest BCUT2D eigenvalue weighted by Crippen LogP contribution is -2.49. The maximum absolute atomic E-state index is 13.4. The molecule has 4 rings (SSSR count). The van der Waals surface area contributed by atoms with Crippen LogP contribution in [0.1, 0.15) is 46.4 Å². The first-order chi connectivity index (χ1) is 19.6. The van der Waals surface area contributed by atoms with E-state index in [0.29, 0.717) is 36.5 Å². The Kier molecular flexibility index (Phi) is 9.24. The number of benzene rings is 2. The number of nitrogens with zero attached hydrogens (tertiary/aromatic N) is 3. The highest BCUT2D eigenvalue weighted by molar-refractivity contribution is 6.01. The Bertz CT molecular complexity index is 1460. The summed E-state index contributed by atoms with van der Waals surface area (Å²) in [4.78, 5) is 40.3. The standard InChI is InChI=1S/C29H34F2N4O6/c1-5-26(36)32-22-13-18(6-7-20(22)28(37)41-4)23-15-33(16-25(30)31)10-11-34(23)14-21-19-8-9-35(29(38)39)27(19)17(2)12-24(21)40-3/h6-9,12-13,23,25H,5,10-11,14-16H2,1-4H3,(H,32,36)(H,38,39). The van der Waals surface area contributed by atoms with Crippen LogP contribution in [0.25, 0.3) is 10.9 Å². The third-order valence-electron chi connectivity index (χ3n) is 7.42. The predicted octanol–water partition coefficient (Wildman–Crippen LogP) is 4.74. The lowest BCUT2D eigenvalue weighted by atomic mass is 9.97. The molecule has 1 amide bonds. The summed E-state index contributed by atoms with van der Waals surface area (Å²) in [7, 11) is 2.80. The first kappa shape index (κ1) is 29.9. The van der Waals surface area contributed by atoms with Gasteiger partial charge in [0.15, 0.2) is 0 Å². The minimum atomic E-state index is -2.50. The van der Waals surface area contributed by atoms with Crippen molar-refractivity contribution >= 4 is 34.6 Å². The normalized spacial score (nSPS) is 16.2. The second kappa shape index (κ2) is 12.6. The van der Waals surface area contributed by atoms with E-state index in [4.69, 9.17) is 9.47 Å². The van der Waals surface area contributed by atoms with Crippen molar-refractivity contribution in [2.24, 2.45) is 0 Å². The van der Waals surface area contributed by atoms with Gasteiger partial charge in [0, 0.05) is 55.8 Å². The van der Waals surface area contributed by atoms with Crippen molar-refractivity contribution in [3.63, 3.8) is 0 Å². The predicted molar refractivity (Wildman–Crippen MR) is 149 cm³/mol. The quantitative estimate of drug-likeness (QED) is 0.354. The lowest BCUT2D eigenvalue weighted by molar-refractivity contribution is -0.115. The number of amides is 1. The third-order valence-corrected chi connectivity index (χ3v) is 7.42. The summed E-state index contributed by atoms with van der Waals surface area (Å²) >= 11 is 0. The molecule has 1 aromatic heterocycles. The molecule has 12 heteroatoms. The highest BCUT2D eigenvalue weighted by Gasteiger charge is 2.32. The molecule has 10 nitrogen and oxygen atoms in total. The number of carbonyl (C=O) groups excluding carboxylic acids is 2. The zero-order valence-electron chi connectivity index (χ0n) is 23.4. The number of nitrogens with one attached hydrogen (secondary N) is 1. The smallest absolute Gasteiger partial charge is 0.416 e. The molecule has 1 atom stereocenters. The largest absolute Gasteiger partial charge is 0.496 e. The van der Waals surface area contributed by atoms with E-state index in [1.54, 1.807) is 49.3 Å². The van der Waals surface area contributed by atoms with E-state index in [2.05, 4.69) is 10.2 Å². The van der Waals surface area contributed by atoms with E-state index in [9.17, 15) is 28.3 Å². The first-order valence-corrected chi connectivity index (χ1v) is 13.2. The van der Waals surface area contributed by atoms with Crippen molar-refractivity contribution in [1.29, 1.82) is 0 Å². The molecule has 0 radical (unpaired) electrons.